The Morgan fingerprint density at radius 1 is 0.972 bits per heavy atom. The summed E-state index contributed by atoms with van der Waals surface area (Å²) in [7, 11) is 0. The number of rotatable bonds is 10. The molecule has 190 valence electrons. The molecule has 0 aromatic heterocycles. The Morgan fingerprint density at radius 2 is 1.61 bits per heavy atom. The molecule has 0 heterocycles. The zero-order valence-corrected chi connectivity index (χ0v) is 22.4. The van der Waals surface area contributed by atoms with Gasteiger partial charge < -0.3 is 10.2 Å². The average molecular weight is 527 g/mol. The van der Waals surface area contributed by atoms with Crippen LogP contribution in [0, 0.1) is 5.82 Å². The minimum Gasteiger partial charge on any atom is -0.350 e. The van der Waals surface area contributed by atoms with Crippen LogP contribution >= 0.6 is 23.4 Å². The summed E-state index contributed by atoms with van der Waals surface area (Å²) >= 11 is 7.50. The van der Waals surface area contributed by atoms with Crippen LogP contribution in [0.2, 0.25) is 5.02 Å². The van der Waals surface area contributed by atoms with Crippen LogP contribution in [0.4, 0.5) is 4.39 Å². The van der Waals surface area contributed by atoms with Crippen molar-refractivity contribution in [2.75, 3.05) is 5.75 Å². The third kappa shape index (κ3) is 8.68. The van der Waals surface area contributed by atoms with Gasteiger partial charge in [0.25, 0.3) is 0 Å². The highest BCUT2D eigenvalue weighted by Crippen LogP contribution is 2.23. The standard InChI is InChI=1S/C29H32ClFN2O2S/c1-29(2,3)32-28(35)26(19-21-9-5-4-6-10-21)33(20-22-11-7-8-12-25(22)31)27(34)17-18-36-24-15-13-23(30)14-16-24/h4-16,26H,17-20H2,1-3H3,(H,32,35)/t26-/m1/s1. The van der Waals surface area contributed by atoms with Crippen LogP contribution in [-0.2, 0) is 22.6 Å². The lowest BCUT2D eigenvalue weighted by Crippen LogP contribution is -2.54. The van der Waals surface area contributed by atoms with Crippen molar-refractivity contribution in [3.05, 3.63) is 101 Å². The molecule has 0 radical (unpaired) electrons. The van der Waals surface area contributed by atoms with Crippen molar-refractivity contribution in [1.29, 1.82) is 0 Å². The smallest absolute Gasteiger partial charge is 0.243 e. The second-order valence-corrected chi connectivity index (χ2v) is 11.2. The molecular weight excluding hydrogens is 495 g/mol. The summed E-state index contributed by atoms with van der Waals surface area (Å²) in [5, 5.41) is 3.67. The van der Waals surface area contributed by atoms with Gasteiger partial charge in [-0.25, -0.2) is 4.39 Å². The molecule has 0 aliphatic heterocycles. The van der Waals surface area contributed by atoms with E-state index in [0.717, 1.165) is 10.5 Å². The van der Waals surface area contributed by atoms with Gasteiger partial charge in [0.1, 0.15) is 11.9 Å². The fourth-order valence-corrected chi connectivity index (χ4v) is 4.71. The van der Waals surface area contributed by atoms with Gasteiger partial charge in [-0.05, 0) is 56.7 Å². The van der Waals surface area contributed by atoms with Crippen molar-refractivity contribution >= 4 is 35.2 Å². The Labute approximate surface area is 222 Å². The lowest BCUT2D eigenvalue weighted by atomic mass is 10.0. The summed E-state index contributed by atoms with van der Waals surface area (Å²) in [5.74, 6) is -0.348. The van der Waals surface area contributed by atoms with Crippen LogP contribution in [-0.4, -0.2) is 34.0 Å². The fraction of sp³-hybridized carbons (Fsp3) is 0.310. The highest BCUT2D eigenvalue weighted by atomic mass is 35.5. The van der Waals surface area contributed by atoms with E-state index in [9.17, 15) is 14.0 Å². The van der Waals surface area contributed by atoms with Crippen LogP contribution in [0.5, 0.6) is 0 Å². The molecule has 36 heavy (non-hydrogen) atoms. The number of nitrogens with zero attached hydrogens (tertiary/aromatic N) is 1. The first-order valence-corrected chi connectivity index (χ1v) is 13.3. The maximum Gasteiger partial charge on any atom is 0.243 e. The number of hydrogen-bond acceptors (Lipinski definition) is 3. The van der Waals surface area contributed by atoms with Gasteiger partial charge >= 0.3 is 0 Å². The van der Waals surface area contributed by atoms with E-state index < -0.39 is 17.4 Å². The Hall–Kier alpha value is -2.83. The minimum absolute atomic E-state index is 0.00613. The van der Waals surface area contributed by atoms with Gasteiger partial charge in [0.2, 0.25) is 11.8 Å². The van der Waals surface area contributed by atoms with Crippen molar-refractivity contribution in [3.63, 3.8) is 0 Å². The molecular formula is C29H32ClFN2O2S. The number of hydrogen-bond donors (Lipinski definition) is 1. The highest BCUT2D eigenvalue weighted by Gasteiger charge is 2.32. The van der Waals surface area contributed by atoms with E-state index in [1.54, 1.807) is 18.2 Å². The summed E-state index contributed by atoms with van der Waals surface area (Å²) in [6.45, 7) is 5.70. The molecule has 0 aliphatic carbocycles. The molecule has 2 amide bonds. The summed E-state index contributed by atoms with van der Waals surface area (Å²) in [4.78, 5) is 29.6. The second-order valence-electron chi connectivity index (χ2n) is 9.61. The minimum atomic E-state index is -0.792. The molecule has 1 atom stereocenters. The Morgan fingerprint density at radius 3 is 2.25 bits per heavy atom. The molecule has 0 spiro atoms. The van der Waals surface area contributed by atoms with Crippen molar-refractivity contribution < 1.29 is 14.0 Å². The summed E-state index contributed by atoms with van der Waals surface area (Å²) in [6.07, 6.45) is 0.531. The molecule has 0 unspecified atom stereocenters. The van der Waals surface area contributed by atoms with Gasteiger partial charge in [-0.2, -0.15) is 0 Å². The molecule has 1 N–H and O–H groups in total. The maximum atomic E-state index is 14.6. The lowest BCUT2D eigenvalue weighted by molar-refractivity contribution is -0.141. The quantitative estimate of drug-likeness (QED) is 0.306. The summed E-state index contributed by atoms with van der Waals surface area (Å²) < 4.78 is 14.6. The maximum absolute atomic E-state index is 14.6. The van der Waals surface area contributed by atoms with Crippen LogP contribution in [0.3, 0.4) is 0 Å². The normalized spacial score (nSPS) is 12.1. The number of halogens is 2. The van der Waals surface area contributed by atoms with E-state index in [-0.39, 0.29) is 24.8 Å². The largest absolute Gasteiger partial charge is 0.350 e. The zero-order valence-electron chi connectivity index (χ0n) is 20.8. The average Bonchev–Trinajstić information content (AvgIpc) is 2.83. The predicted molar refractivity (Wildman–Crippen MR) is 146 cm³/mol. The fourth-order valence-electron chi connectivity index (χ4n) is 3.75. The molecule has 7 heteroatoms. The van der Waals surface area contributed by atoms with E-state index in [1.807, 2.05) is 75.4 Å². The second kappa shape index (κ2) is 12.9. The SMILES string of the molecule is CC(C)(C)NC(=O)[C@@H](Cc1ccccc1)N(Cc1ccccc1F)C(=O)CCSc1ccc(Cl)cc1. The van der Waals surface area contributed by atoms with E-state index in [4.69, 9.17) is 11.6 Å². The van der Waals surface area contributed by atoms with Gasteiger partial charge in [0.15, 0.2) is 0 Å². The van der Waals surface area contributed by atoms with Crippen LogP contribution < -0.4 is 5.32 Å². The lowest BCUT2D eigenvalue weighted by Gasteiger charge is -2.34. The van der Waals surface area contributed by atoms with E-state index in [2.05, 4.69) is 5.32 Å². The predicted octanol–water partition coefficient (Wildman–Crippen LogP) is 6.52. The first-order valence-electron chi connectivity index (χ1n) is 11.9. The molecule has 0 bridgehead atoms. The third-order valence-corrected chi connectivity index (χ3v) is 6.73. The summed E-state index contributed by atoms with van der Waals surface area (Å²) in [6, 6.07) is 22.6. The number of nitrogens with one attached hydrogen (secondary N) is 1. The number of amides is 2. The highest BCUT2D eigenvalue weighted by molar-refractivity contribution is 7.99. The molecule has 3 rings (SSSR count). The monoisotopic (exact) mass is 526 g/mol. The van der Waals surface area contributed by atoms with Gasteiger partial charge in [0, 0.05) is 46.2 Å². The topological polar surface area (TPSA) is 49.4 Å². The number of thioether (sulfide) groups is 1. The Bertz CT molecular complexity index is 1150. The van der Waals surface area contributed by atoms with E-state index in [1.165, 1.54) is 22.7 Å². The van der Waals surface area contributed by atoms with Crippen molar-refractivity contribution in [1.82, 2.24) is 10.2 Å². The number of benzene rings is 3. The summed E-state index contributed by atoms with van der Waals surface area (Å²) in [5.41, 5.74) is 0.814. The number of carbonyl (C=O) groups excluding carboxylic acids is 2. The van der Waals surface area contributed by atoms with Gasteiger partial charge in [-0.1, -0.05) is 60.1 Å². The van der Waals surface area contributed by atoms with Gasteiger partial charge in [-0.3, -0.25) is 9.59 Å². The van der Waals surface area contributed by atoms with Crippen LogP contribution in [0.15, 0.2) is 83.8 Å². The first kappa shape index (κ1) is 27.8. The van der Waals surface area contributed by atoms with Crippen molar-refractivity contribution in [2.45, 2.75) is 56.6 Å². The van der Waals surface area contributed by atoms with E-state index >= 15 is 0 Å². The third-order valence-electron chi connectivity index (χ3n) is 5.47. The van der Waals surface area contributed by atoms with Crippen LogP contribution in [0.1, 0.15) is 38.3 Å². The Balaban J connectivity index is 1.87. The van der Waals surface area contributed by atoms with E-state index in [0.29, 0.717) is 22.8 Å². The van der Waals surface area contributed by atoms with Gasteiger partial charge in [0.05, 0.1) is 0 Å². The molecule has 0 aliphatic rings. The molecule has 0 saturated heterocycles. The van der Waals surface area contributed by atoms with Crippen LogP contribution in [0.25, 0.3) is 0 Å². The molecule has 3 aromatic rings. The van der Waals surface area contributed by atoms with Gasteiger partial charge in [-0.15, -0.1) is 11.8 Å². The van der Waals surface area contributed by atoms with Crippen molar-refractivity contribution in [3.8, 4) is 0 Å². The van der Waals surface area contributed by atoms with Crippen molar-refractivity contribution in [2.24, 2.45) is 0 Å². The molecule has 0 fully saturated rings. The molecule has 0 saturated carbocycles. The molecule has 3 aromatic carbocycles. The first-order chi connectivity index (χ1) is 17.1. The number of carbonyl (C=O) groups is 2. The zero-order chi connectivity index (χ0) is 26.1. The molecule has 4 nitrogen and oxygen atoms in total. The Kier molecular flexibility index (Phi) is 9.97.